The number of nitrogens with one attached hydrogen (secondary N) is 1. The van der Waals surface area contributed by atoms with Crippen LogP contribution in [-0.2, 0) is 22.7 Å². The summed E-state index contributed by atoms with van der Waals surface area (Å²) in [6.45, 7) is 3.43. The number of halogens is 1. The van der Waals surface area contributed by atoms with Gasteiger partial charge in [-0.15, -0.1) is 0 Å². The Morgan fingerprint density at radius 3 is 2.47 bits per heavy atom. The summed E-state index contributed by atoms with van der Waals surface area (Å²) in [4.78, 5) is 0. The van der Waals surface area contributed by atoms with Crippen molar-refractivity contribution >= 4 is 11.6 Å². The first-order chi connectivity index (χ1) is 17.6. The molecule has 2 N–H and O–H groups in total. The Morgan fingerprint density at radius 1 is 0.917 bits per heavy atom. The SMILES string of the molecule is COc1ccc(COC2CNCC(O)C2c2ccc(OCCCOCc3ccccc3)cc2)cc1Cl. The standard InChI is InChI=1S/C29H34ClNO5/c1-33-27-13-8-22(16-25(27)30)20-36-28-18-31-17-26(32)29(28)23-9-11-24(12-10-23)35-15-5-14-34-19-21-6-3-2-4-7-21/h2-4,6-13,16,26,28-29,31-32H,5,14-15,17-20H2,1H3. The van der Waals surface area contributed by atoms with E-state index in [0.29, 0.717) is 50.3 Å². The van der Waals surface area contributed by atoms with Gasteiger partial charge in [-0.3, -0.25) is 0 Å². The van der Waals surface area contributed by atoms with Crippen molar-refractivity contribution in [2.75, 3.05) is 33.4 Å². The van der Waals surface area contributed by atoms with E-state index in [1.54, 1.807) is 7.11 Å². The highest BCUT2D eigenvalue weighted by Gasteiger charge is 2.34. The number of ether oxygens (including phenoxy) is 4. The Morgan fingerprint density at radius 2 is 1.72 bits per heavy atom. The van der Waals surface area contributed by atoms with E-state index < -0.39 is 6.10 Å². The van der Waals surface area contributed by atoms with Crippen LogP contribution in [0.15, 0.2) is 72.8 Å². The van der Waals surface area contributed by atoms with Gasteiger partial charge in [0, 0.05) is 25.4 Å². The Bertz CT molecular complexity index is 1060. The molecule has 6 nitrogen and oxygen atoms in total. The molecule has 3 atom stereocenters. The van der Waals surface area contributed by atoms with Crippen molar-refractivity contribution in [3.8, 4) is 11.5 Å². The summed E-state index contributed by atoms with van der Waals surface area (Å²) in [5.74, 6) is 1.30. The second kappa shape index (κ2) is 13.6. The zero-order valence-corrected chi connectivity index (χ0v) is 21.3. The number of aliphatic hydroxyl groups is 1. The average Bonchev–Trinajstić information content (AvgIpc) is 2.90. The largest absolute Gasteiger partial charge is 0.495 e. The maximum Gasteiger partial charge on any atom is 0.137 e. The van der Waals surface area contributed by atoms with Gasteiger partial charge in [0.15, 0.2) is 0 Å². The predicted octanol–water partition coefficient (Wildman–Crippen LogP) is 4.97. The molecule has 1 heterocycles. The molecule has 0 aromatic heterocycles. The van der Waals surface area contributed by atoms with E-state index in [9.17, 15) is 5.11 Å². The molecule has 1 aliphatic heterocycles. The lowest BCUT2D eigenvalue weighted by molar-refractivity contribution is -0.0328. The highest BCUT2D eigenvalue weighted by Crippen LogP contribution is 2.31. The third-order valence-corrected chi connectivity index (χ3v) is 6.57. The molecular weight excluding hydrogens is 478 g/mol. The Kier molecular flexibility index (Phi) is 10.0. The number of hydrogen-bond donors (Lipinski definition) is 2. The third-order valence-electron chi connectivity index (χ3n) is 6.27. The smallest absolute Gasteiger partial charge is 0.137 e. The zero-order chi connectivity index (χ0) is 25.2. The summed E-state index contributed by atoms with van der Waals surface area (Å²) >= 11 is 6.25. The molecule has 192 valence electrons. The molecule has 3 aromatic rings. The molecule has 0 saturated carbocycles. The zero-order valence-electron chi connectivity index (χ0n) is 20.6. The van der Waals surface area contributed by atoms with Crippen LogP contribution in [0.5, 0.6) is 11.5 Å². The quantitative estimate of drug-likeness (QED) is 0.335. The summed E-state index contributed by atoms with van der Waals surface area (Å²) in [5, 5.41) is 14.6. The third kappa shape index (κ3) is 7.45. The topological polar surface area (TPSA) is 69.2 Å². The average molecular weight is 512 g/mol. The second-order valence-corrected chi connectivity index (χ2v) is 9.29. The van der Waals surface area contributed by atoms with E-state index in [4.69, 9.17) is 30.5 Å². The molecule has 0 spiro atoms. The second-order valence-electron chi connectivity index (χ2n) is 8.88. The molecule has 0 radical (unpaired) electrons. The van der Waals surface area contributed by atoms with Crippen LogP contribution in [0.4, 0.5) is 0 Å². The number of piperidine rings is 1. The molecule has 1 saturated heterocycles. The van der Waals surface area contributed by atoms with Crippen LogP contribution >= 0.6 is 11.6 Å². The first-order valence-corrected chi connectivity index (χ1v) is 12.7. The van der Waals surface area contributed by atoms with Crippen molar-refractivity contribution in [2.24, 2.45) is 0 Å². The van der Waals surface area contributed by atoms with E-state index in [1.165, 1.54) is 5.56 Å². The van der Waals surface area contributed by atoms with Crippen LogP contribution in [-0.4, -0.2) is 50.7 Å². The predicted molar refractivity (Wildman–Crippen MR) is 141 cm³/mol. The lowest BCUT2D eigenvalue weighted by Gasteiger charge is -2.36. The minimum absolute atomic E-state index is 0.139. The first-order valence-electron chi connectivity index (χ1n) is 12.3. The maximum atomic E-state index is 10.8. The Labute approximate surface area is 218 Å². The summed E-state index contributed by atoms with van der Waals surface area (Å²) in [5.41, 5.74) is 3.15. The van der Waals surface area contributed by atoms with Gasteiger partial charge in [0.05, 0.1) is 50.8 Å². The van der Waals surface area contributed by atoms with Crippen molar-refractivity contribution < 1.29 is 24.1 Å². The van der Waals surface area contributed by atoms with Crippen molar-refractivity contribution in [3.63, 3.8) is 0 Å². The number of benzene rings is 3. The Hall–Kier alpha value is -2.61. The lowest BCUT2D eigenvalue weighted by atomic mass is 9.85. The van der Waals surface area contributed by atoms with Crippen LogP contribution in [0.1, 0.15) is 29.0 Å². The first kappa shape index (κ1) is 26.5. The molecule has 1 aliphatic rings. The van der Waals surface area contributed by atoms with Crippen molar-refractivity contribution in [1.29, 1.82) is 0 Å². The van der Waals surface area contributed by atoms with Gasteiger partial charge in [0.25, 0.3) is 0 Å². The molecule has 3 unspecified atom stereocenters. The molecule has 0 aliphatic carbocycles. The monoisotopic (exact) mass is 511 g/mol. The molecule has 7 heteroatoms. The van der Waals surface area contributed by atoms with Crippen LogP contribution in [0.25, 0.3) is 0 Å². The summed E-state index contributed by atoms with van der Waals surface area (Å²) in [6.07, 6.45) is 0.0901. The lowest BCUT2D eigenvalue weighted by Crippen LogP contribution is -2.49. The van der Waals surface area contributed by atoms with Crippen LogP contribution in [0.3, 0.4) is 0 Å². The number of hydrogen-bond acceptors (Lipinski definition) is 6. The van der Waals surface area contributed by atoms with Crippen LogP contribution in [0, 0.1) is 0 Å². The molecule has 4 rings (SSSR count). The van der Waals surface area contributed by atoms with Crippen molar-refractivity contribution in [2.45, 2.75) is 37.8 Å². The van der Waals surface area contributed by atoms with E-state index in [-0.39, 0.29) is 12.0 Å². The van der Waals surface area contributed by atoms with Gasteiger partial charge in [-0.2, -0.15) is 0 Å². The minimum atomic E-state index is -0.545. The van der Waals surface area contributed by atoms with Crippen LogP contribution in [0.2, 0.25) is 5.02 Å². The summed E-state index contributed by atoms with van der Waals surface area (Å²) in [7, 11) is 1.59. The molecule has 0 amide bonds. The molecule has 36 heavy (non-hydrogen) atoms. The van der Waals surface area contributed by atoms with Gasteiger partial charge < -0.3 is 29.4 Å². The van der Waals surface area contributed by atoms with Crippen molar-refractivity contribution in [1.82, 2.24) is 5.32 Å². The molecular formula is C29H34ClNO5. The normalized spacial score (nSPS) is 19.7. The number of rotatable bonds is 12. The number of β-amino-alcohol motifs (C(OH)–C–C–N with tert-alkyl or cyclic N) is 1. The van der Waals surface area contributed by atoms with Gasteiger partial charge in [-0.25, -0.2) is 0 Å². The fraction of sp³-hybridized carbons (Fsp3) is 0.379. The highest BCUT2D eigenvalue weighted by atomic mass is 35.5. The van der Waals surface area contributed by atoms with Crippen LogP contribution < -0.4 is 14.8 Å². The molecule has 1 fully saturated rings. The van der Waals surface area contributed by atoms with E-state index in [2.05, 4.69) is 17.4 Å². The van der Waals surface area contributed by atoms with Gasteiger partial charge in [0.2, 0.25) is 0 Å². The summed E-state index contributed by atoms with van der Waals surface area (Å²) < 4.78 is 23.0. The molecule has 0 bridgehead atoms. The fourth-order valence-corrected chi connectivity index (χ4v) is 4.66. The van der Waals surface area contributed by atoms with Crippen molar-refractivity contribution in [3.05, 3.63) is 94.5 Å². The van der Waals surface area contributed by atoms with E-state index in [1.807, 2.05) is 60.7 Å². The van der Waals surface area contributed by atoms with Gasteiger partial charge in [0.1, 0.15) is 11.5 Å². The molecule has 3 aromatic carbocycles. The number of aliphatic hydroxyl groups excluding tert-OH is 1. The maximum absolute atomic E-state index is 10.8. The van der Waals surface area contributed by atoms with Gasteiger partial charge in [-0.05, 0) is 41.0 Å². The number of methoxy groups -OCH3 is 1. The van der Waals surface area contributed by atoms with Gasteiger partial charge >= 0.3 is 0 Å². The Balaban J connectivity index is 1.26. The van der Waals surface area contributed by atoms with E-state index in [0.717, 1.165) is 23.3 Å². The van der Waals surface area contributed by atoms with E-state index >= 15 is 0 Å². The summed E-state index contributed by atoms with van der Waals surface area (Å²) in [6, 6.07) is 23.7. The highest BCUT2D eigenvalue weighted by molar-refractivity contribution is 6.32. The minimum Gasteiger partial charge on any atom is -0.495 e. The van der Waals surface area contributed by atoms with Gasteiger partial charge in [-0.1, -0.05) is 60.1 Å². The fourth-order valence-electron chi connectivity index (χ4n) is 4.38.